The minimum Gasteiger partial charge on any atom is -0.497 e. The van der Waals surface area contributed by atoms with Crippen molar-refractivity contribution >= 4 is 52.7 Å². The van der Waals surface area contributed by atoms with E-state index in [4.69, 9.17) is 32.7 Å². The summed E-state index contributed by atoms with van der Waals surface area (Å²) >= 11 is 12.3. The molecule has 0 radical (unpaired) electrons. The standard InChI is InChI=1S/C31H26Cl2N2O7/c1-41-22-6-4-5-19(15-22)31(40)42-21-12-9-18(10-13-21)27(36)17-34(28(37)25-14-11-20(32)16-26(25)33)35-29(38)23-7-2-3-8-24(23)30(35)39/h4-6,9-16,23-24H,2-3,7-8,17H2,1H3/t23-,24-/m1/s1. The summed E-state index contributed by atoms with van der Waals surface area (Å²) < 4.78 is 10.5. The third-order valence-electron chi connectivity index (χ3n) is 7.44. The lowest BCUT2D eigenvalue weighted by Crippen LogP contribution is -2.52. The molecule has 1 aliphatic carbocycles. The van der Waals surface area contributed by atoms with Gasteiger partial charge >= 0.3 is 5.97 Å². The normalized spacial score (nSPS) is 17.9. The molecule has 9 nitrogen and oxygen atoms in total. The number of benzene rings is 3. The summed E-state index contributed by atoms with van der Waals surface area (Å²) in [5.41, 5.74) is 0.446. The van der Waals surface area contributed by atoms with Crippen molar-refractivity contribution in [3.8, 4) is 11.5 Å². The minimum atomic E-state index is -0.783. The Morgan fingerprint density at radius 3 is 2.14 bits per heavy atom. The lowest BCUT2D eigenvalue weighted by atomic mass is 9.81. The van der Waals surface area contributed by atoms with Crippen molar-refractivity contribution in [1.82, 2.24) is 10.0 Å². The molecule has 3 amide bonds. The Balaban J connectivity index is 1.38. The van der Waals surface area contributed by atoms with E-state index in [-0.39, 0.29) is 27.5 Å². The van der Waals surface area contributed by atoms with Crippen LogP contribution in [0.2, 0.25) is 10.0 Å². The maximum atomic E-state index is 13.7. The van der Waals surface area contributed by atoms with E-state index >= 15 is 0 Å². The number of hydrogen-bond donors (Lipinski definition) is 0. The number of carbonyl (C=O) groups is 5. The summed E-state index contributed by atoms with van der Waals surface area (Å²) in [7, 11) is 1.49. The lowest BCUT2D eigenvalue weighted by Gasteiger charge is -2.30. The zero-order chi connectivity index (χ0) is 30.0. The summed E-state index contributed by atoms with van der Waals surface area (Å²) in [4.78, 5) is 66.4. The molecule has 0 unspecified atom stereocenters. The molecule has 1 aliphatic heterocycles. The van der Waals surface area contributed by atoms with E-state index in [1.807, 2.05) is 0 Å². The molecule has 0 spiro atoms. The molecule has 42 heavy (non-hydrogen) atoms. The molecule has 0 aromatic heterocycles. The van der Waals surface area contributed by atoms with Gasteiger partial charge in [-0.25, -0.2) is 9.80 Å². The zero-order valence-corrected chi connectivity index (χ0v) is 24.1. The molecule has 1 heterocycles. The molecule has 0 bridgehead atoms. The molecule has 5 rings (SSSR count). The number of hydrazine groups is 1. The van der Waals surface area contributed by atoms with Crippen molar-refractivity contribution in [1.29, 1.82) is 0 Å². The quantitative estimate of drug-likeness (QED) is 0.141. The van der Waals surface area contributed by atoms with Crippen LogP contribution in [0.1, 0.15) is 56.8 Å². The number of ether oxygens (including phenoxy) is 2. The maximum Gasteiger partial charge on any atom is 0.343 e. The van der Waals surface area contributed by atoms with Crippen LogP contribution in [0.15, 0.2) is 66.7 Å². The first-order chi connectivity index (χ1) is 20.2. The third kappa shape index (κ3) is 5.89. The second kappa shape index (κ2) is 12.3. The predicted octanol–water partition coefficient (Wildman–Crippen LogP) is 5.64. The fourth-order valence-corrected chi connectivity index (χ4v) is 5.76. The maximum absolute atomic E-state index is 13.7. The van der Waals surface area contributed by atoms with E-state index in [1.54, 1.807) is 18.2 Å². The molecule has 3 aromatic carbocycles. The van der Waals surface area contributed by atoms with Crippen LogP contribution in [0.25, 0.3) is 0 Å². The number of esters is 1. The Hall–Kier alpha value is -4.21. The highest BCUT2D eigenvalue weighted by Gasteiger charge is 2.52. The van der Waals surface area contributed by atoms with E-state index in [1.165, 1.54) is 55.6 Å². The lowest BCUT2D eigenvalue weighted by molar-refractivity contribution is -0.154. The number of Topliss-reactive ketones (excluding diaryl/α,β-unsaturated/α-hetero) is 1. The third-order valence-corrected chi connectivity index (χ3v) is 7.99. The van der Waals surface area contributed by atoms with E-state index in [0.717, 1.165) is 22.9 Å². The zero-order valence-electron chi connectivity index (χ0n) is 22.5. The van der Waals surface area contributed by atoms with Gasteiger partial charge < -0.3 is 9.47 Å². The van der Waals surface area contributed by atoms with Crippen LogP contribution in [0.4, 0.5) is 0 Å². The highest BCUT2D eigenvalue weighted by Crippen LogP contribution is 2.39. The van der Waals surface area contributed by atoms with Gasteiger partial charge in [0, 0.05) is 10.6 Å². The molecule has 2 aliphatic rings. The van der Waals surface area contributed by atoms with Crippen LogP contribution in [0.5, 0.6) is 11.5 Å². The number of halogens is 2. The molecule has 2 atom stereocenters. The fraction of sp³-hybridized carbons (Fsp3) is 0.258. The summed E-state index contributed by atoms with van der Waals surface area (Å²) in [5.74, 6) is -3.33. The monoisotopic (exact) mass is 608 g/mol. The van der Waals surface area contributed by atoms with Gasteiger partial charge in [0.25, 0.3) is 17.7 Å². The summed E-state index contributed by atoms with van der Waals surface area (Å²) in [6.07, 6.45) is 2.69. The smallest absolute Gasteiger partial charge is 0.343 e. The van der Waals surface area contributed by atoms with E-state index in [2.05, 4.69) is 0 Å². The Bertz CT molecular complexity index is 1550. The van der Waals surface area contributed by atoms with Crippen molar-refractivity contribution in [2.45, 2.75) is 25.7 Å². The van der Waals surface area contributed by atoms with Crippen LogP contribution < -0.4 is 9.47 Å². The van der Waals surface area contributed by atoms with Crippen LogP contribution in [-0.2, 0) is 9.59 Å². The Labute approximate surface area is 251 Å². The molecular formula is C31H26Cl2N2O7. The van der Waals surface area contributed by atoms with Crippen LogP contribution in [-0.4, -0.2) is 53.1 Å². The van der Waals surface area contributed by atoms with Crippen molar-refractivity contribution in [2.75, 3.05) is 13.7 Å². The number of amides is 3. The van der Waals surface area contributed by atoms with Crippen LogP contribution in [0.3, 0.4) is 0 Å². The first-order valence-electron chi connectivity index (χ1n) is 13.3. The molecule has 0 N–H and O–H groups in total. The average molecular weight is 609 g/mol. The van der Waals surface area contributed by atoms with Crippen molar-refractivity contribution < 1.29 is 33.4 Å². The Morgan fingerprint density at radius 1 is 0.857 bits per heavy atom. The SMILES string of the molecule is COc1cccc(C(=O)Oc2ccc(C(=O)CN(C(=O)c3ccc(Cl)cc3Cl)N3C(=O)[C@@H]4CCCC[C@H]4C3=O)cc2)c1. The van der Waals surface area contributed by atoms with Gasteiger partial charge in [-0.3, -0.25) is 19.2 Å². The summed E-state index contributed by atoms with van der Waals surface area (Å²) in [5, 5.41) is 2.00. The molecule has 1 saturated carbocycles. The number of hydrogen-bond acceptors (Lipinski definition) is 7. The van der Waals surface area contributed by atoms with Gasteiger partial charge in [-0.2, -0.15) is 5.01 Å². The Kier molecular flexibility index (Phi) is 8.61. The van der Waals surface area contributed by atoms with Gasteiger partial charge in [0.2, 0.25) is 0 Å². The van der Waals surface area contributed by atoms with Gasteiger partial charge in [0.05, 0.1) is 35.1 Å². The molecule has 1 saturated heterocycles. The number of nitrogens with zero attached hydrogens (tertiary/aromatic N) is 2. The number of rotatable bonds is 8. The molecular weight excluding hydrogens is 583 g/mol. The summed E-state index contributed by atoms with van der Waals surface area (Å²) in [6.45, 7) is -0.600. The number of carbonyl (C=O) groups excluding carboxylic acids is 5. The minimum absolute atomic E-state index is 0.0101. The number of ketones is 1. The van der Waals surface area contributed by atoms with Gasteiger partial charge in [-0.05, 0) is 73.5 Å². The first-order valence-corrected chi connectivity index (χ1v) is 14.1. The number of fused-ring (bicyclic) bond motifs is 1. The molecule has 11 heteroatoms. The van der Waals surface area contributed by atoms with Gasteiger partial charge in [0.1, 0.15) is 18.0 Å². The van der Waals surface area contributed by atoms with Gasteiger partial charge in [-0.15, -0.1) is 0 Å². The average Bonchev–Trinajstić information content (AvgIpc) is 3.25. The van der Waals surface area contributed by atoms with E-state index < -0.39 is 47.9 Å². The van der Waals surface area contributed by atoms with Crippen molar-refractivity contribution in [2.24, 2.45) is 11.8 Å². The fourth-order valence-electron chi connectivity index (χ4n) is 5.27. The first kappa shape index (κ1) is 29.3. The second-order valence-electron chi connectivity index (χ2n) is 10.0. The predicted molar refractivity (Wildman–Crippen MR) is 154 cm³/mol. The van der Waals surface area contributed by atoms with Crippen LogP contribution in [0, 0.1) is 11.8 Å². The van der Waals surface area contributed by atoms with Gasteiger partial charge in [0.15, 0.2) is 5.78 Å². The second-order valence-corrected chi connectivity index (χ2v) is 10.9. The highest BCUT2D eigenvalue weighted by molar-refractivity contribution is 6.36. The topological polar surface area (TPSA) is 110 Å². The Morgan fingerprint density at radius 2 is 1.52 bits per heavy atom. The summed E-state index contributed by atoms with van der Waals surface area (Å²) in [6, 6.07) is 16.4. The molecule has 216 valence electrons. The molecule has 3 aromatic rings. The van der Waals surface area contributed by atoms with E-state index in [9.17, 15) is 24.0 Å². The van der Waals surface area contributed by atoms with E-state index in [0.29, 0.717) is 23.6 Å². The van der Waals surface area contributed by atoms with Crippen molar-refractivity contribution in [3.05, 3.63) is 93.5 Å². The molecule has 2 fully saturated rings. The van der Waals surface area contributed by atoms with Gasteiger partial charge in [-0.1, -0.05) is 42.1 Å². The van der Waals surface area contributed by atoms with Crippen LogP contribution >= 0.6 is 23.2 Å². The highest BCUT2D eigenvalue weighted by atomic mass is 35.5. The largest absolute Gasteiger partial charge is 0.497 e. The number of imide groups is 1. The number of methoxy groups -OCH3 is 1. The van der Waals surface area contributed by atoms with Crippen molar-refractivity contribution in [3.63, 3.8) is 0 Å².